The average molecular weight is 230 g/mol. The second-order valence-corrected chi connectivity index (χ2v) is 4.32. The fraction of sp³-hybridized carbons (Fsp3) is 0.357. The Hall–Kier alpha value is -1.61. The normalized spacial score (nSPS) is 12.6. The van der Waals surface area contributed by atoms with E-state index in [1.165, 1.54) is 5.56 Å². The molecule has 0 radical (unpaired) electrons. The highest BCUT2D eigenvalue weighted by Crippen LogP contribution is 2.19. The molecule has 1 N–H and O–H groups in total. The summed E-state index contributed by atoms with van der Waals surface area (Å²) < 4.78 is 5.64. The van der Waals surface area contributed by atoms with Crippen molar-refractivity contribution in [3.05, 3.63) is 53.2 Å². The molecule has 2 aromatic heterocycles. The monoisotopic (exact) mass is 230 g/mol. The lowest BCUT2D eigenvalue weighted by atomic mass is 10.1. The summed E-state index contributed by atoms with van der Waals surface area (Å²) in [4.78, 5) is 4.42. The second-order valence-electron chi connectivity index (χ2n) is 4.32. The number of nitrogens with zero attached hydrogens (tertiary/aromatic N) is 1. The van der Waals surface area contributed by atoms with E-state index in [-0.39, 0.29) is 6.04 Å². The minimum Gasteiger partial charge on any atom is -0.465 e. The molecule has 0 aliphatic carbocycles. The lowest BCUT2D eigenvalue weighted by molar-refractivity contribution is 0.413. The van der Waals surface area contributed by atoms with Crippen LogP contribution in [0.3, 0.4) is 0 Å². The molecule has 3 heteroatoms. The van der Waals surface area contributed by atoms with Gasteiger partial charge in [0.25, 0.3) is 0 Å². The van der Waals surface area contributed by atoms with Gasteiger partial charge in [-0.25, -0.2) is 0 Å². The molecule has 0 amide bonds. The number of aromatic nitrogens is 1. The molecule has 1 atom stereocenters. The molecule has 2 rings (SSSR count). The van der Waals surface area contributed by atoms with Gasteiger partial charge in [-0.1, -0.05) is 6.07 Å². The molecule has 90 valence electrons. The molecule has 2 heterocycles. The van der Waals surface area contributed by atoms with Crippen LogP contribution >= 0.6 is 0 Å². The number of hydrogen-bond donors (Lipinski definition) is 1. The number of hydrogen-bond acceptors (Lipinski definition) is 3. The Balaban J connectivity index is 2.12. The summed E-state index contributed by atoms with van der Waals surface area (Å²) in [5.41, 5.74) is 2.26. The van der Waals surface area contributed by atoms with Crippen LogP contribution in [0.15, 0.2) is 34.9 Å². The highest BCUT2D eigenvalue weighted by atomic mass is 16.3. The SMILES string of the molecule is CNC(Cc1ccc(C)cn1)c1ccc(C)o1. The molecule has 0 bridgehead atoms. The van der Waals surface area contributed by atoms with Crippen LogP contribution in [0, 0.1) is 13.8 Å². The highest BCUT2D eigenvalue weighted by Gasteiger charge is 2.14. The summed E-state index contributed by atoms with van der Waals surface area (Å²) in [6.45, 7) is 4.00. The van der Waals surface area contributed by atoms with Gasteiger partial charge in [-0.15, -0.1) is 0 Å². The summed E-state index contributed by atoms with van der Waals surface area (Å²) in [5, 5.41) is 3.26. The van der Waals surface area contributed by atoms with E-state index in [1.807, 2.05) is 39.2 Å². The van der Waals surface area contributed by atoms with E-state index in [4.69, 9.17) is 4.42 Å². The van der Waals surface area contributed by atoms with Crippen molar-refractivity contribution in [2.45, 2.75) is 26.3 Å². The predicted octanol–water partition coefficient (Wildman–Crippen LogP) is 2.79. The Kier molecular flexibility index (Phi) is 3.59. The van der Waals surface area contributed by atoms with Gasteiger partial charge in [-0.3, -0.25) is 4.98 Å². The average Bonchev–Trinajstić information content (AvgIpc) is 2.75. The molecule has 0 saturated carbocycles. The van der Waals surface area contributed by atoms with E-state index in [0.717, 1.165) is 23.6 Å². The van der Waals surface area contributed by atoms with Gasteiger partial charge in [-0.2, -0.15) is 0 Å². The first-order valence-electron chi connectivity index (χ1n) is 5.84. The van der Waals surface area contributed by atoms with Crippen molar-refractivity contribution in [3.63, 3.8) is 0 Å². The van der Waals surface area contributed by atoms with Crippen LogP contribution in [0.25, 0.3) is 0 Å². The number of rotatable bonds is 4. The van der Waals surface area contributed by atoms with Crippen LogP contribution in [0.5, 0.6) is 0 Å². The molecule has 3 nitrogen and oxygen atoms in total. The Morgan fingerprint density at radius 2 is 2.06 bits per heavy atom. The third-order valence-corrected chi connectivity index (χ3v) is 2.84. The summed E-state index contributed by atoms with van der Waals surface area (Å²) in [6, 6.07) is 8.34. The van der Waals surface area contributed by atoms with E-state index >= 15 is 0 Å². The van der Waals surface area contributed by atoms with Gasteiger partial charge in [0.2, 0.25) is 0 Å². The Morgan fingerprint density at radius 1 is 1.24 bits per heavy atom. The van der Waals surface area contributed by atoms with Crippen LogP contribution in [0.4, 0.5) is 0 Å². The summed E-state index contributed by atoms with van der Waals surface area (Å²) >= 11 is 0. The van der Waals surface area contributed by atoms with Gasteiger partial charge < -0.3 is 9.73 Å². The first kappa shape index (κ1) is 11.9. The number of furan rings is 1. The second kappa shape index (κ2) is 5.15. The van der Waals surface area contributed by atoms with Crippen LogP contribution in [-0.2, 0) is 6.42 Å². The maximum absolute atomic E-state index is 5.64. The summed E-state index contributed by atoms with van der Waals surface area (Å²) in [5.74, 6) is 1.91. The smallest absolute Gasteiger partial charge is 0.121 e. The summed E-state index contributed by atoms with van der Waals surface area (Å²) in [7, 11) is 1.94. The van der Waals surface area contributed by atoms with Gasteiger partial charge in [0, 0.05) is 18.3 Å². The molecular formula is C14H18N2O. The first-order chi connectivity index (χ1) is 8.19. The minimum atomic E-state index is 0.180. The molecule has 2 aromatic rings. The molecule has 0 aliphatic heterocycles. The number of likely N-dealkylation sites (N-methyl/N-ethyl adjacent to an activating group) is 1. The molecule has 1 unspecified atom stereocenters. The lowest BCUT2D eigenvalue weighted by Crippen LogP contribution is -2.18. The topological polar surface area (TPSA) is 38.1 Å². The summed E-state index contributed by atoms with van der Waals surface area (Å²) in [6.07, 6.45) is 2.74. The van der Waals surface area contributed by atoms with Crippen molar-refractivity contribution in [1.82, 2.24) is 10.3 Å². The van der Waals surface area contributed by atoms with E-state index in [1.54, 1.807) is 0 Å². The largest absolute Gasteiger partial charge is 0.465 e. The number of pyridine rings is 1. The highest BCUT2D eigenvalue weighted by molar-refractivity contribution is 5.16. The van der Waals surface area contributed by atoms with Crippen molar-refractivity contribution in [3.8, 4) is 0 Å². The molecule has 0 aliphatic rings. The zero-order valence-electron chi connectivity index (χ0n) is 10.5. The zero-order valence-corrected chi connectivity index (χ0v) is 10.5. The van der Waals surface area contributed by atoms with Crippen molar-refractivity contribution in [1.29, 1.82) is 0 Å². The standard InChI is InChI=1S/C14H18N2O/c1-10-4-6-12(16-9-10)8-13(15-3)14-7-5-11(2)17-14/h4-7,9,13,15H,8H2,1-3H3. The molecule has 0 aromatic carbocycles. The number of nitrogens with one attached hydrogen (secondary N) is 1. The van der Waals surface area contributed by atoms with Crippen molar-refractivity contribution >= 4 is 0 Å². The van der Waals surface area contributed by atoms with E-state index in [9.17, 15) is 0 Å². The van der Waals surface area contributed by atoms with Crippen LogP contribution in [-0.4, -0.2) is 12.0 Å². The Bertz CT molecular complexity index is 473. The van der Waals surface area contributed by atoms with Crippen molar-refractivity contribution in [2.24, 2.45) is 0 Å². The fourth-order valence-corrected chi connectivity index (χ4v) is 1.81. The molecular weight excluding hydrogens is 212 g/mol. The fourth-order valence-electron chi connectivity index (χ4n) is 1.81. The number of aryl methyl sites for hydroxylation is 2. The van der Waals surface area contributed by atoms with E-state index in [0.29, 0.717) is 0 Å². The first-order valence-corrected chi connectivity index (χ1v) is 5.84. The third kappa shape index (κ3) is 2.94. The van der Waals surface area contributed by atoms with E-state index in [2.05, 4.69) is 22.4 Å². The van der Waals surface area contributed by atoms with Crippen molar-refractivity contribution in [2.75, 3.05) is 7.05 Å². The lowest BCUT2D eigenvalue weighted by Gasteiger charge is -2.13. The predicted molar refractivity (Wildman–Crippen MR) is 67.9 cm³/mol. The maximum Gasteiger partial charge on any atom is 0.121 e. The zero-order chi connectivity index (χ0) is 12.3. The van der Waals surface area contributed by atoms with Crippen LogP contribution in [0.2, 0.25) is 0 Å². The molecule has 0 fully saturated rings. The van der Waals surface area contributed by atoms with Gasteiger partial charge in [0.15, 0.2) is 0 Å². The Labute approximate surface area is 102 Å². The van der Waals surface area contributed by atoms with Crippen LogP contribution < -0.4 is 5.32 Å². The third-order valence-electron chi connectivity index (χ3n) is 2.84. The van der Waals surface area contributed by atoms with E-state index < -0.39 is 0 Å². The van der Waals surface area contributed by atoms with Crippen LogP contribution in [0.1, 0.15) is 28.8 Å². The van der Waals surface area contributed by atoms with Gasteiger partial charge in [0.1, 0.15) is 11.5 Å². The quantitative estimate of drug-likeness (QED) is 0.877. The van der Waals surface area contributed by atoms with Crippen molar-refractivity contribution < 1.29 is 4.42 Å². The molecule has 0 spiro atoms. The maximum atomic E-state index is 5.64. The minimum absolute atomic E-state index is 0.180. The molecule has 17 heavy (non-hydrogen) atoms. The Morgan fingerprint density at radius 3 is 2.59 bits per heavy atom. The van der Waals surface area contributed by atoms with Gasteiger partial charge >= 0.3 is 0 Å². The van der Waals surface area contributed by atoms with Gasteiger partial charge in [0.05, 0.1) is 6.04 Å². The van der Waals surface area contributed by atoms with Gasteiger partial charge in [-0.05, 0) is 44.7 Å². The molecule has 0 saturated heterocycles.